The van der Waals surface area contributed by atoms with Crippen LogP contribution < -0.4 is 18.9 Å². The highest BCUT2D eigenvalue weighted by molar-refractivity contribution is 7.92. The molecule has 0 aliphatic carbocycles. The lowest BCUT2D eigenvalue weighted by Crippen LogP contribution is -2.17. The molecule has 6 aromatic rings. The second-order valence-electron chi connectivity index (χ2n) is 13.6. The van der Waals surface area contributed by atoms with Gasteiger partial charge in [0, 0.05) is 5.56 Å². The van der Waals surface area contributed by atoms with Crippen molar-refractivity contribution in [2.24, 2.45) is 0 Å². The molecule has 69 heavy (non-hydrogen) atoms. The number of halogens is 8. The summed E-state index contributed by atoms with van der Waals surface area (Å²) in [6.45, 7) is 0. The molecule has 0 aliphatic heterocycles. The molecule has 0 saturated heterocycles. The minimum absolute atomic E-state index is 0.185. The van der Waals surface area contributed by atoms with E-state index in [1.54, 1.807) is 0 Å². The molecule has 29 heteroatoms. The van der Waals surface area contributed by atoms with E-state index in [9.17, 15) is 64.2 Å². The van der Waals surface area contributed by atoms with Gasteiger partial charge in [-0.2, -0.15) is 34.4 Å². The van der Waals surface area contributed by atoms with Gasteiger partial charge in [0.15, 0.2) is 29.0 Å². The normalized spacial score (nSPS) is 12.5. The molecular weight excluding hydrogens is 1050 g/mol. The molecule has 0 amide bonds. The second-order valence-corrected chi connectivity index (χ2v) is 22.5. The number of ether oxygens (including phenoxy) is 4. The molecule has 0 aliphatic rings. The van der Waals surface area contributed by atoms with Gasteiger partial charge in [0.25, 0.3) is 20.2 Å². The fraction of sp³-hybridized carbons (Fsp3) is 0.100. The van der Waals surface area contributed by atoms with E-state index in [1.807, 2.05) is 0 Å². The number of methoxy groups -OCH3 is 2. The Kier molecular flexibility index (Phi) is 14.2. The molecule has 0 atom stereocenters. The van der Waals surface area contributed by atoms with Crippen molar-refractivity contribution >= 4 is 49.7 Å². The van der Waals surface area contributed by atoms with Gasteiger partial charge in [0.2, 0.25) is 58.5 Å². The van der Waals surface area contributed by atoms with Crippen molar-refractivity contribution in [1.82, 2.24) is 0 Å². The lowest BCUT2D eigenvalue weighted by atomic mass is 10.2. The van der Waals surface area contributed by atoms with Gasteiger partial charge < -0.3 is 18.9 Å². The summed E-state index contributed by atoms with van der Waals surface area (Å²) in [4.78, 5) is -8.22. The highest BCUT2D eigenvalue weighted by atomic mass is 32.2. The van der Waals surface area contributed by atoms with Crippen LogP contribution in [0.4, 0.5) is 35.1 Å². The second kappa shape index (κ2) is 18.8. The van der Waals surface area contributed by atoms with Crippen LogP contribution in [0.5, 0.6) is 34.5 Å². The van der Waals surface area contributed by atoms with Crippen LogP contribution in [0, 0.1) is 46.5 Å². The zero-order valence-electron chi connectivity index (χ0n) is 34.4. The van der Waals surface area contributed by atoms with Crippen LogP contribution in [-0.2, 0) is 59.7 Å². The van der Waals surface area contributed by atoms with Crippen molar-refractivity contribution in [1.29, 1.82) is 0 Å². The van der Waals surface area contributed by atoms with Crippen LogP contribution in [-0.4, -0.2) is 68.0 Å². The molecule has 0 radical (unpaired) electrons. The Hall–Kier alpha value is -6.37. The van der Waals surface area contributed by atoms with Gasteiger partial charge in [-0.3, -0.25) is 8.74 Å². The predicted octanol–water partition coefficient (Wildman–Crippen LogP) is 7.62. The Morgan fingerprint density at radius 3 is 1.25 bits per heavy atom. The maximum Gasteiger partial charge on any atom is 0.300 e. The average molecular weight is 1070 g/mol. The Morgan fingerprint density at radius 1 is 0.435 bits per heavy atom. The number of hydrogen-bond donors (Lipinski definition) is 1. The van der Waals surface area contributed by atoms with E-state index in [0.29, 0.717) is 19.2 Å². The third-order valence-electron chi connectivity index (χ3n) is 9.44. The molecule has 0 saturated carbocycles. The topological polar surface area (TPSA) is 237 Å². The summed E-state index contributed by atoms with van der Waals surface area (Å²) in [5.74, 6) is -28.0. The van der Waals surface area contributed by atoms with Crippen molar-refractivity contribution in [3.05, 3.63) is 137 Å². The number of rotatable bonds is 16. The predicted molar refractivity (Wildman–Crippen MR) is 217 cm³/mol. The summed E-state index contributed by atoms with van der Waals surface area (Å²) in [5, 5.41) is 0. The molecule has 6 rings (SSSR count). The van der Waals surface area contributed by atoms with Gasteiger partial charge in [0.05, 0.1) is 40.9 Å². The highest BCUT2D eigenvalue weighted by Gasteiger charge is 2.41. The van der Waals surface area contributed by atoms with Crippen molar-refractivity contribution < 1.29 is 105 Å². The molecule has 0 unspecified atom stereocenters. The molecule has 0 heterocycles. The van der Waals surface area contributed by atoms with E-state index < -0.39 is 159 Å². The van der Waals surface area contributed by atoms with Crippen molar-refractivity contribution in [2.75, 3.05) is 21.3 Å². The van der Waals surface area contributed by atoms with Crippen LogP contribution in [0.25, 0.3) is 0 Å². The molecule has 0 fully saturated rings. The molecule has 16 nitrogen and oxygen atoms in total. The van der Waals surface area contributed by atoms with Gasteiger partial charge in [0.1, 0.15) is 43.4 Å². The smallest absolute Gasteiger partial charge is 0.300 e. The Morgan fingerprint density at radius 2 is 0.826 bits per heavy atom. The SMILES string of the molecule is COc1ccc(S(=O)(=O)c2ccc(Oc3ccc(S(=O)(=O)c4ccc(Oc5c(F)c(F)c(S(=O)(=O)c6c(F)c(F)c(OC)c(F)c6F)c(F)c5F)cc4)cc3)c(CS(=O)(=O)O)c2)cc1S(=O)(=O)OC. The Bertz CT molecular complexity index is 3600. The quantitative estimate of drug-likeness (QED) is 0.0424. The van der Waals surface area contributed by atoms with Gasteiger partial charge in [-0.15, -0.1) is 0 Å². The molecule has 368 valence electrons. The lowest BCUT2D eigenvalue weighted by Gasteiger charge is -2.15. The lowest BCUT2D eigenvalue weighted by molar-refractivity contribution is 0.321. The fourth-order valence-electron chi connectivity index (χ4n) is 6.16. The summed E-state index contributed by atoms with van der Waals surface area (Å²) in [5.41, 5.74) is -0.435. The van der Waals surface area contributed by atoms with E-state index in [4.69, 9.17) is 14.2 Å². The molecule has 1 N–H and O–H groups in total. The van der Waals surface area contributed by atoms with Crippen LogP contribution in [0.1, 0.15) is 5.56 Å². The van der Waals surface area contributed by atoms with E-state index >= 15 is 17.6 Å². The molecule has 0 bridgehead atoms. The van der Waals surface area contributed by atoms with Gasteiger partial charge >= 0.3 is 0 Å². The molecule has 0 spiro atoms. The maximum atomic E-state index is 15.2. The van der Waals surface area contributed by atoms with Crippen molar-refractivity contribution in [3.8, 4) is 34.5 Å². The zero-order valence-corrected chi connectivity index (χ0v) is 38.5. The largest absolute Gasteiger partial charge is 0.495 e. The van der Waals surface area contributed by atoms with E-state index in [1.165, 1.54) is 0 Å². The standard InChI is InChI=1S/C40H26F8O16S5/c1-60-27-15-13-25(17-28(27)69(58,59)62-3)67(54,55)24-12-14-26(19(16-24)18-65(49,50)51)63-20-4-8-22(9-5-20)66(52,53)23-10-6-21(7-11-23)64-38-31(43)35(47)40(36(48)32(38)44)68(56,57)39-33(45)29(41)37(61-2)30(42)34(39)46/h4-17H,18H2,1-3H3,(H,49,50,51). The first-order valence-electron chi connectivity index (χ1n) is 18.2. The number of hydrogen-bond acceptors (Lipinski definition) is 15. The van der Waals surface area contributed by atoms with Crippen LogP contribution in [0.2, 0.25) is 0 Å². The van der Waals surface area contributed by atoms with Crippen LogP contribution in [0.3, 0.4) is 0 Å². The van der Waals surface area contributed by atoms with E-state index in [-0.39, 0.29) is 17.2 Å². The third-order valence-corrected chi connectivity index (χ3v) is 16.7. The Balaban J connectivity index is 1.25. The first-order chi connectivity index (χ1) is 32.0. The Labute approximate surface area is 385 Å². The number of sulfone groups is 3. The van der Waals surface area contributed by atoms with E-state index in [0.717, 1.165) is 87.0 Å². The average Bonchev–Trinajstić information content (AvgIpc) is 3.29. The third kappa shape index (κ3) is 9.79. The minimum atomic E-state index is -6.48. The van der Waals surface area contributed by atoms with Crippen molar-refractivity contribution in [3.63, 3.8) is 0 Å². The zero-order chi connectivity index (χ0) is 51.3. The molecular formula is C40H26F8O16S5. The fourth-order valence-corrected chi connectivity index (χ4v) is 11.8. The molecule has 0 aromatic heterocycles. The molecule has 6 aromatic carbocycles. The highest BCUT2D eigenvalue weighted by Crippen LogP contribution is 2.41. The van der Waals surface area contributed by atoms with Gasteiger partial charge in [-0.25, -0.2) is 42.8 Å². The minimum Gasteiger partial charge on any atom is -0.495 e. The van der Waals surface area contributed by atoms with Gasteiger partial charge in [-0.05, 0) is 84.9 Å². The first kappa shape index (κ1) is 52.0. The summed E-state index contributed by atoms with van der Waals surface area (Å²) >= 11 is 0. The van der Waals surface area contributed by atoms with Gasteiger partial charge in [-0.1, -0.05) is 0 Å². The van der Waals surface area contributed by atoms with Crippen LogP contribution >= 0.6 is 0 Å². The van der Waals surface area contributed by atoms with Crippen LogP contribution in [0.15, 0.2) is 119 Å². The first-order valence-corrected chi connectivity index (χ1v) is 25.6. The summed E-state index contributed by atoms with van der Waals surface area (Å²) in [7, 11) is -22.5. The summed E-state index contributed by atoms with van der Waals surface area (Å²) in [6.07, 6.45) is 0. The number of benzene rings is 6. The van der Waals surface area contributed by atoms with Crippen molar-refractivity contribution in [2.45, 2.75) is 40.0 Å². The monoisotopic (exact) mass is 1070 g/mol. The summed E-state index contributed by atoms with van der Waals surface area (Å²) in [6, 6.07) is 12.6. The maximum absolute atomic E-state index is 15.2. The summed E-state index contributed by atoms with van der Waals surface area (Å²) < 4.78 is 281. The van der Waals surface area contributed by atoms with E-state index in [2.05, 4.69) is 8.92 Å².